The molecule has 2 N–H and O–H groups in total. The van der Waals surface area contributed by atoms with Crippen LogP contribution in [-0.4, -0.2) is 53.4 Å². The highest BCUT2D eigenvalue weighted by Gasteiger charge is 2.30. The molecule has 2 aromatic rings. The minimum atomic E-state index is -0.820. The SMILES string of the molecule is COc1cc(NC[C@](C)(O)CN2CC[C@H](C)C[C@@H]2C)c2ncccc2c1. The molecule has 1 aliphatic heterocycles. The minimum Gasteiger partial charge on any atom is -0.497 e. The topological polar surface area (TPSA) is 57.6 Å². The molecule has 1 aromatic heterocycles. The lowest BCUT2D eigenvalue weighted by atomic mass is 9.92. The van der Waals surface area contributed by atoms with Crippen molar-refractivity contribution in [3.05, 3.63) is 30.5 Å². The zero-order valence-corrected chi connectivity index (χ0v) is 16.3. The van der Waals surface area contributed by atoms with Crippen LogP contribution in [0.3, 0.4) is 0 Å². The van der Waals surface area contributed by atoms with Crippen molar-refractivity contribution in [2.24, 2.45) is 5.92 Å². The first-order valence-electron chi connectivity index (χ1n) is 9.51. The molecule has 0 radical (unpaired) electrons. The summed E-state index contributed by atoms with van der Waals surface area (Å²) >= 11 is 0. The molecule has 0 amide bonds. The van der Waals surface area contributed by atoms with Gasteiger partial charge in [0.05, 0.1) is 23.9 Å². The summed E-state index contributed by atoms with van der Waals surface area (Å²) < 4.78 is 5.40. The number of rotatable bonds is 6. The number of pyridine rings is 1. The summed E-state index contributed by atoms with van der Waals surface area (Å²) in [6.07, 6.45) is 4.20. The van der Waals surface area contributed by atoms with Crippen molar-refractivity contribution in [1.29, 1.82) is 0 Å². The smallest absolute Gasteiger partial charge is 0.121 e. The molecule has 5 heteroatoms. The summed E-state index contributed by atoms with van der Waals surface area (Å²) in [6.45, 7) is 8.67. The van der Waals surface area contributed by atoms with Gasteiger partial charge in [-0.2, -0.15) is 0 Å². The number of anilines is 1. The summed E-state index contributed by atoms with van der Waals surface area (Å²) in [5.74, 6) is 1.56. The Balaban J connectivity index is 1.70. The summed E-state index contributed by atoms with van der Waals surface area (Å²) in [4.78, 5) is 6.89. The number of ether oxygens (including phenoxy) is 1. The first-order chi connectivity index (χ1) is 12.4. The van der Waals surface area contributed by atoms with Crippen LogP contribution >= 0.6 is 0 Å². The van der Waals surface area contributed by atoms with Crippen LogP contribution in [0.1, 0.15) is 33.6 Å². The molecular weight excluding hydrogens is 326 g/mol. The van der Waals surface area contributed by atoms with Gasteiger partial charge in [-0.05, 0) is 51.3 Å². The van der Waals surface area contributed by atoms with Crippen LogP contribution in [0, 0.1) is 5.92 Å². The zero-order valence-electron chi connectivity index (χ0n) is 16.3. The Hall–Kier alpha value is -1.85. The number of benzene rings is 1. The number of nitrogens with one attached hydrogen (secondary N) is 1. The second kappa shape index (κ2) is 7.80. The number of aliphatic hydroxyl groups is 1. The van der Waals surface area contributed by atoms with E-state index in [2.05, 4.69) is 29.0 Å². The van der Waals surface area contributed by atoms with Crippen LogP contribution in [0.4, 0.5) is 5.69 Å². The summed E-state index contributed by atoms with van der Waals surface area (Å²) in [7, 11) is 1.66. The van der Waals surface area contributed by atoms with Gasteiger partial charge in [0.2, 0.25) is 0 Å². The standard InChI is InChI=1S/C21H31N3O2/c1-15-7-9-24(16(2)10-15)14-21(3,25)13-23-19-12-18(26-4)11-17-6-5-8-22-20(17)19/h5-6,8,11-12,15-16,23,25H,7,9-10,13-14H2,1-4H3/t15-,16-,21-/m0/s1. The van der Waals surface area contributed by atoms with E-state index in [1.54, 1.807) is 13.3 Å². The maximum atomic E-state index is 11.0. The highest BCUT2D eigenvalue weighted by molar-refractivity contribution is 5.91. The number of fused-ring (bicyclic) bond motifs is 1. The van der Waals surface area contributed by atoms with Crippen LogP contribution in [0.2, 0.25) is 0 Å². The van der Waals surface area contributed by atoms with Crippen molar-refractivity contribution in [3.8, 4) is 5.75 Å². The second-order valence-electron chi connectivity index (χ2n) is 8.05. The number of methoxy groups -OCH3 is 1. The predicted molar refractivity (Wildman–Crippen MR) is 107 cm³/mol. The molecule has 1 saturated heterocycles. The van der Waals surface area contributed by atoms with Gasteiger partial charge in [0, 0.05) is 36.8 Å². The van der Waals surface area contributed by atoms with Crippen molar-refractivity contribution in [2.45, 2.75) is 45.3 Å². The number of β-amino-alcohol motifs (C(OH)–C–C–N with tert-alkyl or cyclic N) is 1. The number of hydrogen-bond acceptors (Lipinski definition) is 5. The minimum absolute atomic E-state index is 0.463. The van der Waals surface area contributed by atoms with Gasteiger partial charge < -0.3 is 15.2 Å². The molecule has 0 spiro atoms. The van der Waals surface area contributed by atoms with E-state index in [4.69, 9.17) is 4.74 Å². The largest absolute Gasteiger partial charge is 0.497 e. The van der Waals surface area contributed by atoms with Crippen LogP contribution in [0.25, 0.3) is 10.9 Å². The van der Waals surface area contributed by atoms with Gasteiger partial charge in [-0.15, -0.1) is 0 Å². The number of hydrogen-bond donors (Lipinski definition) is 2. The molecule has 1 aliphatic rings. The van der Waals surface area contributed by atoms with E-state index < -0.39 is 5.60 Å². The molecule has 2 heterocycles. The Labute approximate surface area is 156 Å². The molecule has 5 nitrogen and oxygen atoms in total. The zero-order chi connectivity index (χ0) is 18.7. The molecule has 0 saturated carbocycles. The van der Waals surface area contributed by atoms with Gasteiger partial charge in [-0.25, -0.2) is 0 Å². The van der Waals surface area contributed by atoms with Gasteiger partial charge in [-0.3, -0.25) is 9.88 Å². The van der Waals surface area contributed by atoms with E-state index in [1.807, 2.05) is 31.2 Å². The third-order valence-electron chi connectivity index (χ3n) is 5.39. The first kappa shape index (κ1) is 18.9. The van der Waals surface area contributed by atoms with Crippen molar-refractivity contribution >= 4 is 16.6 Å². The molecule has 0 unspecified atom stereocenters. The van der Waals surface area contributed by atoms with Gasteiger partial charge in [0.15, 0.2) is 0 Å². The molecule has 1 aromatic carbocycles. The Kier molecular flexibility index (Phi) is 5.68. The third-order valence-corrected chi connectivity index (χ3v) is 5.39. The van der Waals surface area contributed by atoms with Gasteiger partial charge in [0.25, 0.3) is 0 Å². The van der Waals surface area contributed by atoms with Crippen LogP contribution in [0.5, 0.6) is 5.75 Å². The molecule has 142 valence electrons. The lowest BCUT2D eigenvalue weighted by Crippen LogP contribution is -2.51. The fourth-order valence-corrected chi connectivity index (χ4v) is 3.89. The highest BCUT2D eigenvalue weighted by Crippen LogP contribution is 2.29. The van der Waals surface area contributed by atoms with E-state index in [1.165, 1.54) is 12.8 Å². The fourth-order valence-electron chi connectivity index (χ4n) is 3.89. The Bertz CT molecular complexity index is 747. The van der Waals surface area contributed by atoms with E-state index >= 15 is 0 Å². The van der Waals surface area contributed by atoms with Gasteiger partial charge in [-0.1, -0.05) is 13.0 Å². The highest BCUT2D eigenvalue weighted by atomic mass is 16.5. The number of aromatic nitrogens is 1. The number of likely N-dealkylation sites (tertiary alicyclic amines) is 1. The molecule has 26 heavy (non-hydrogen) atoms. The summed E-state index contributed by atoms with van der Waals surface area (Å²) in [5.41, 5.74) is 0.962. The van der Waals surface area contributed by atoms with Gasteiger partial charge in [0.1, 0.15) is 5.75 Å². The number of piperidine rings is 1. The van der Waals surface area contributed by atoms with Crippen molar-refractivity contribution in [1.82, 2.24) is 9.88 Å². The lowest BCUT2D eigenvalue weighted by molar-refractivity contribution is 0.00269. The van der Waals surface area contributed by atoms with E-state index in [0.717, 1.165) is 34.8 Å². The molecular formula is C21H31N3O2. The van der Waals surface area contributed by atoms with Crippen LogP contribution in [0.15, 0.2) is 30.5 Å². The van der Waals surface area contributed by atoms with E-state index in [0.29, 0.717) is 19.1 Å². The maximum Gasteiger partial charge on any atom is 0.121 e. The predicted octanol–water partition coefficient (Wildman–Crippen LogP) is 3.53. The average Bonchev–Trinajstić information content (AvgIpc) is 2.62. The molecule has 0 aliphatic carbocycles. The normalized spacial score (nSPS) is 23.6. The number of nitrogens with zero attached hydrogens (tertiary/aromatic N) is 2. The van der Waals surface area contributed by atoms with Crippen LogP contribution < -0.4 is 10.1 Å². The first-order valence-corrected chi connectivity index (χ1v) is 9.51. The third kappa shape index (κ3) is 4.46. The van der Waals surface area contributed by atoms with Crippen molar-refractivity contribution in [3.63, 3.8) is 0 Å². The van der Waals surface area contributed by atoms with Gasteiger partial charge >= 0.3 is 0 Å². The molecule has 3 atom stereocenters. The van der Waals surface area contributed by atoms with E-state index in [9.17, 15) is 5.11 Å². The van der Waals surface area contributed by atoms with Crippen molar-refractivity contribution in [2.75, 3.05) is 32.1 Å². The molecule has 3 rings (SSSR count). The van der Waals surface area contributed by atoms with E-state index in [-0.39, 0.29) is 0 Å². The fraction of sp³-hybridized carbons (Fsp3) is 0.571. The Morgan fingerprint density at radius 1 is 1.38 bits per heavy atom. The Morgan fingerprint density at radius 2 is 2.19 bits per heavy atom. The quantitative estimate of drug-likeness (QED) is 0.828. The molecule has 0 bridgehead atoms. The Morgan fingerprint density at radius 3 is 2.92 bits per heavy atom. The molecule has 1 fully saturated rings. The summed E-state index contributed by atoms with van der Waals surface area (Å²) in [5, 5.41) is 15.4. The average molecular weight is 357 g/mol. The lowest BCUT2D eigenvalue weighted by Gasteiger charge is -2.40. The monoisotopic (exact) mass is 357 g/mol. The summed E-state index contributed by atoms with van der Waals surface area (Å²) in [6, 6.07) is 8.37. The maximum absolute atomic E-state index is 11.0. The van der Waals surface area contributed by atoms with Crippen molar-refractivity contribution < 1.29 is 9.84 Å². The van der Waals surface area contributed by atoms with Crippen LogP contribution in [-0.2, 0) is 0 Å². The second-order valence-corrected chi connectivity index (χ2v) is 8.05.